The van der Waals surface area contributed by atoms with Crippen LogP contribution in [-0.2, 0) is 29.0 Å². The molecule has 1 aromatic heterocycles. The van der Waals surface area contributed by atoms with Gasteiger partial charge in [-0.3, -0.25) is 19.5 Å². The summed E-state index contributed by atoms with van der Waals surface area (Å²) in [5, 5.41) is 9.80. The molecule has 2 aromatic carbocycles. The number of alkyl halides is 1. The Hall–Kier alpha value is -3.55. The molecule has 5 rings (SSSR count). The number of amides is 2. The molecule has 53 heavy (non-hydrogen) atoms. The fraction of sp³-hybridized carbons (Fsp3) is 0.500. The third-order valence-electron chi connectivity index (χ3n) is 9.30. The molecule has 2 saturated heterocycles. The highest BCUT2D eigenvalue weighted by atomic mass is 35.5. The second-order valence-corrected chi connectivity index (χ2v) is 13.7. The van der Waals surface area contributed by atoms with Crippen LogP contribution in [0.1, 0.15) is 60.8 Å². The third-order valence-corrected chi connectivity index (χ3v) is 10.1. The number of halogens is 2. The normalized spacial score (nSPS) is 15.8. The molecule has 1 atom stereocenters. The average Bonchev–Trinajstić information content (AvgIpc) is 3.86. The second kappa shape index (κ2) is 24.0. The smallest absolute Gasteiger partial charge is 0.251 e. The van der Waals surface area contributed by atoms with E-state index in [1.165, 1.54) is 12.4 Å². The summed E-state index contributed by atoms with van der Waals surface area (Å²) >= 11 is 6.32. The minimum absolute atomic E-state index is 0.00107. The van der Waals surface area contributed by atoms with Gasteiger partial charge in [0.2, 0.25) is 5.91 Å². The van der Waals surface area contributed by atoms with Gasteiger partial charge in [0.1, 0.15) is 17.1 Å². The van der Waals surface area contributed by atoms with Crippen LogP contribution in [0.25, 0.3) is 11.0 Å². The minimum Gasteiger partial charge on any atom is -0.400 e. The zero-order chi connectivity index (χ0) is 38.6. The first-order valence-electron chi connectivity index (χ1n) is 18.2. The van der Waals surface area contributed by atoms with Crippen LogP contribution in [0.3, 0.4) is 0 Å². The summed E-state index contributed by atoms with van der Waals surface area (Å²) in [6.45, 7) is 11.2. The van der Waals surface area contributed by atoms with E-state index < -0.39 is 0 Å². The Balaban J connectivity index is 0.00000183. The molecular weight excluding hydrogens is 715 g/mol. The van der Waals surface area contributed by atoms with E-state index in [9.17, 15) is 14.0 Å². The van der Waals surface area contributed by atoms with Crippen molar-refractivity contribution in [1.82, 2.24) is 24.7 Å². The molecule has 10 nitrogen and oxygen atoms in total. The van der Waals surface area contributed by atoms with Crippen LogP contribution in [0.5, 0.6) is 0 Å². The highest BCUT2D eigenvalue weighted by molar-refractivity contribution is 7.99. The van der Waals surface area contributed by atoms with Crippen LogP contribution in [0.2, 0.25) is 0 Å². The summed E-state index contributed by atoms with van der Waals surface area (Å²) in [6, 6.07) is 12.4. The lowest BCUT2D eigenvalue weighted by Crippen LogP contribution is -2.38. The van der Waals surface area contributed by atoms with Crippen LogP contribution >= 0.6 is 23.4 Å². The van der Waals surface area contributed by atoms with Gasteiger partial charge in [0.05, 0.1) is 30.7 Å². The standard InChI is InChI=1S/C38H49FN6O3S.CH3Cl.CH4O/c1-4-23-48-37(49-3)27-45-34-16-15-30(38(47)41-25-36(46)44-19-9-10-20-44)24-33(34)42-35(45)26-43-21-17-29(18-22-43)32(40-2)14-8-6-12-28-11-5-7-13-31(28)39;2*1-2/h5-8,11,13-16,24,29,37H,2,4,9-10,12,17-23,25-27H2,1,3H3,(H,41,47);1H3;2H,1H3/b8-6-,32-14-;;. The van der Waals surface area contributed by atoms with Crippen molar-refractivity contribution in [2.24, 2.45) is 10.9 Å². The topological polar surface area (TPSA) is 112 Å². The Labute approximate surface area is 323 Å². The van der Waals surface area contributed by atoms with E-state index in [0.29, 0.717) is 43.2 Å². The van der Waals surface area contributed by atoms with E-state index in [0.717, 1.165) is 87.9 Å². The Morgan fingerprint density at radius 3 is 2.53 bits per heavy atom. The van der Waals surface area contributed by atoms with Crippen LogP contribution < -0.4 is 5.32 Å². The minimum atomic E-state index is -0.275. The number of piperidine rings is 1. The maximum absolute atomic E-state index is 14.0. The number of allylic oxidation sites excluding steroid dienone is 4. The molecule has 0 spiro atoms. The Bertz CT molecular complexity index is 1650. The Morgan fingerprint density at radius 1 is 1.15 bits per heavy atom. The van der Waals surface area contributed by atoms with Crippen molar-refractivity contribution in [1.29, 1.82) is 0 Å². The fourth-order valence-corrected chi connectivity index (χ4v) is 7.04. The van der Waals surface area contributed by atoms with Gasteiger partial charge in [-0.1, -0.05) is 37.3 Å². The van der Waals surface area contributed by atoms with Gasteiger partial charge in [-0.15, -0.1) is 23.4 Å². The van der Waals surface area contributed by atoms with Crippen molar-refractivity contribution in [3.8, 4) is 0 Å². The van der Waals surface area contributed by atoms with Gasteiger partial charge < -0.3 is 24.6 Å². The number of fused-ring (bicyclic) bond motifs is 1. The summed E-state index contributed by atoms with van der Waals surface area (Å²) in [6.07, 6.45) is 14.8. The summed E-state index contributed by atoms with van der Waals surface area (Å²) < 4.78 is 22.3. The number of carbonyl (C=O) groups is 2. The number of likely N-dealkylation sites (tertiary alicyclic amines) is 2. The molecule has 3 heterocycles. The molecule has 13 heteroatoms. The molecular formula is C40H56ClFN6O4S. The number of hydrogen-bond donors (Lipinski definition) is 2. The number of nitrogens with zero attached hydrogens (tertiary/aromatic N) is 5. The molecule has 2 amide bonds. The van der Waals surface area contributed by atoms with Crippen molar-refractivity contribution in [2.45, 2.75) is 64.0 Å². The number of thioether (sulfide) groups is 1. The van der Waals surface area contributed by atoms with Crippen LogP contribution in [0, 0.1) is 11.7 Å². The average molecular weight is 771 g/mol. The maximum Gasteiger partial charge on any atom is 0.251 e. The van der Waals surface area contributed by atoms with Gasteiger partial charge in [0.15, 0.2) is 0 Å². The van der Waals surface area contributed by atoms with Crippen LogP contribution in [-0.4, -0.2) is 108 Å². The molecule has 2 aliphatic heterocycles. The van der Waals surface area contributed by atoms with Gasteiger partial charge in [-0.2, -0.15) is 0 Å². The van der Waals surface area contributed by atoms with Gasteiger partial charge in [-0.05, 0) is 100 Å². The first-order chi connectivity index (χ1) is 25.9. The van der Waals surface area contributed by atoms with Gasteiger partial charge in [0, 0.05) is 50.4 Å². The molecule has 0 saturated carbocycles. The van der Waals surface area contributed by atoms with Crippen molar-refractivity contribution in [2.75, 3.05) is 59.1 Å². The highest BCUT2D eigenvalue weighted by Crippen LogP contribution is 2.28. The lowest BCUT2D eigenvalue weighted by molar-refractivity contribution is -0.129. The third kappa shape index (κ3) is 13.1. The molecule has 1 unspecified atom stereocenters. The second-order valence-electron chi connectivity index (χ2n) is 12.7. The first kappa shape index (κ1) is 43.9. The van der Waals surface area contributed by atoms with Crippen molar-refractivity contribution < 1.29 is 23.8 Å². The van der Waals surface area contributed by atoms with E-state index in [-0.39, 0.29) is 29.6 Å². The largest absolute Gasteiger partial charge is 0.400 e. The molecule has 0 radical (unpaired) electrons. The lowest BCUT2D eigenvalue weighted by atomic mass is 9.93. The number of aliphatic imine (C=N–C) groups is 1. The number of carbonyl (C=O) groups excluding carboxylic acids is 2. The number of rotatable bonds is 16. The molecule has 2 fully saturated rings. The first-order valence-corrected chi connectivity index (χ1v) is 20.3. The monoisotopic (exact) mass is 770 g/mol. The summed E-state index contributed by atoms with van der Waals surface area (Å²) in [4.78, 5) is 39.1. The van der Waals surface area contributed by atoms with Crippen molar-refractivity contribution >= 4 is 52.9 Å². The number of ether oxygens (including phenoxy) is 1. The highest BCUT2D eigenvalue weighted by Gasteiger charge is 2.25. The number of imidazole rings is 1. The zero-order valence-electron chi connectivity index (χ0n) is 31.6. The molecule has 0 aliphatic carbocycles. The number of nitrogens with one attached hydrogen (secondary N) is 1. The fourth-order valence-electron chi connectivity index (χ4n) is 6.51. The zero-order valence-corrected chi connectivity index (χ0v) is 33.2. The molecule has 0 bridgehead atoms. The molecule has 2 aliphatic rings. The number of aliphatic hydroxyl groups excluding tert-OH is 1. The molecule has 290 valence electrons. The van der Waals surface area contributed by atoms with E-state index in [2.05, 4.69) is 51.3 Å². The lowest BCUT2D eigenvalue weighted by Gasteiger charge is -2.32. The summed E-state index contributed by atoms with van der Waals surface area (Å²) in [5.74, 6) is 0.724. The Kier molecular flexibility index (Phi) is 19.8. The van der Waals surface area contributed by atoms with E-state index >= 15 is 0 Å². The van der Waals surface area contributed by atoms with Crippen molar-refractivity contribution in [3.05, 3.63) is 89.2 Å². The van der Waals surface area contributed by atoms with Crippen LogP contribution in [0.4, 0.5) is 4.39 Å². The maximum atomic E-state index is 14.0. The number of hydrogen-bond acceptors (Lipinski definition) is 8. The molecule has 2 N–H and O–H groups in total. The summed E-state index contributed by atoms with van der Waals surface area (Å²) in [7, 11) is 1.00. The van der Waals surface area contributed by atoms with Gasteiger partial charge >= 0.3 is 0 Å². The predicted octanol–water partition coefficient (Wildman–Crippen LogP) is 6.70. The SMILES string of the molecule is C=N/C(=C\C=C/Cc1ccccc1F)C1CCN(Cc2nc3cc(C(=O)NCC(=O)N4CCCC4)ccc3n2CC(OCCC)SC)CC1.CCl.CO. The van der Waals surface area contributed by atoms with E-state index in [1.54, 1.807) is 23.9 Å². The predicted molar refractivity (Wildman–Crippen MR) is 216 cm³/mol. The molecule has 3 aromatic rings. The number of aliphatic hydroxyl groups is 1. The number of benzene rings is 2. The number of aromatic nitrogens is 2. The van der Waals surface area contributed by atoms with E-state index in [4.69, 9.17) is 14.8 Å². The van der Waals surface area contributed by atoms with Gasteiger partial charge in [-0.25, -0.2) is 9.37 Å². The van der Waals surface area contributed by atoms with Crippen molar-refractivity contribution in [3.63, 3.8) is 0 Å². The van der Waals surface area contributed by atoms with E-state index in [1.807, 2.05) is 47.4 Å². The van der Waals surface area contributed by atoms with Gasteiger partial charge in [0.25, 0.3) is 5.91 Å². The van der Waals surface area contributed by atoms with Crippen LogP contribution in [0.15, 0.2) is 71.4 Å². The summed E-state index contributed by atoms with van der Waals surface area (Å²) in [5.41, 5.74) is 3.80. The Morgan fingerprint density at radius 2 is 1.87 bits per heavy atom. The quantitative estimate of drug-likeness (QED) is 0.0722.